The number of carboxylic acid groups (broad SMARTS) is 1. The number of aliphatic carboxylic acids is 1. The number of aliphatic hydroxyl groups is 1. The van der Waals surface area contributed by atoms with Crippen molar-refractivity contribution in [3.63, 3.8) is 0 Å². The Morgan fingerprint density at radius 2 is 1.70 bits per heavy atom. The second-order valence-electron chi connectivity index (χ2n) is 13.8. The fraction of sp³-hybridized carbons (Fsp3) is 0.500. The van der Waals surface area contributed by atoms with Gasteiger partial charge in [0.05, 0.1) is 36.0 Å². The molecule has 4 fully saturated rings. The number of amides is 3. The first kappa shape index (κ1) is 30.8. The SMILES string of the molecule is C[C@@H](O)[C@H]1C(=O)N2C(C(=O)O)=C(CN3C(=O)c4cccc5c(CC[N+]67CC[N+](CC(N)=O)(CC6)CC7)ccc(c45)S3(=O)=O)[C@H](C)[C@H]12. The van der Waals surface area contributed by atoms with Gasteiger partial charge < -0.3 is 29.8 Å². The van der Waals surface area contributed by atoms with Crippen LogP contribution in [-0.2, 0) is 30.8 Å². The summed E-state index contributed by atoms with van der Waals surface area (Å²) in [6.07, 6.45) is -0.315. The van der Waals surface area contributed by atoms with Crippen molar-refractivity contribution in [2.24, 2.45) is 17.6 Å². The molecule has 0 aromatic heterocycles. The third-order valence-electron chi connectivity index (χ3n) is 11.4. The zero-order chi connectivity index (χ0) is 32.9. The van der Waals surface area contributed by atoms with Crippen LogP contribution >= 0.6 is 0 Å². The number of nitrogens with two attached hydrogens (primary N) is 1. The van der Waals surface area contributed by atoms with Gasteiger partial charge in [0.15, 0.2) is 6.54 Å². The van der Waals surface area contributed by atoms with Crippen molar-refractivity contribution in [1.82, 2.24) is 9.21 Å². The van der Waals surface area contributed by atoms with Crippen LogP contribution in [0.3, 0.4) is 0 Å². The van der Waals surface area contributed by atoms with E-state index in [1.807, 2.05) is 12.1 Å². The van der Waals surface area contributed by atoms with Crippen LogP contribution in [0.2, 0.25) is 0 Å². The minimum atomic E-state index is -4.38. The largest absolute Gasteiger partial charge is 0.477 e. The van der Waals surface area contributed by atoms with E-state index in [1.54, 1.807) is 25.1 Å². The predicted molar refractivity (Wildman–Crippen MR) is 164 cm³/mol. The Morgan fingerprint density at radius 3 is 2.30 bits per heavy atom. The molecule has 0 radical (unpaired) electrons. The molecule has 0 saturated carbocycles. The molecule has 6 heterocycles. The van der Waals surface area contributed by atoms with Crippen molar-refractivity contribution >= 4 is 44.5 Å². The highest BCUT2D eigenvalue weighted by molar-refractivity contribution is 7.90. The van der Waals surface area contributed by atoms with Gasteiger partial charge in [-0.2, -0.15) is 0 Å². The second kappa shape index (κ2) is 10.3. The Morgan fingerprint density at radius 1 is 1.04 bits per heavy atom. The number of benzene rings is 2. The fourth-order valence-electron chi connectivity index (χ4n) is 8.78. The summed E-state index contributed by atoms with van der Waals surface area (Å²) in [7, 11) is -4.38. The number of hydrogen-bond acceptors (Lipinski definition) is 7. The summed E-state index contributed by atoms with van der Waals surface area (Å²) in [5.74, 6) is -4.32. The van der Waals surface area contributed by atoms with E-state index in [-0.39, 0.29) is 27.6 Å². The lowest BCUT2D eigenvalue weighted by Crippen LogP contribution is -2.76. The molecular weight excluding hydrogens is 614 g/mol. The number of hydrogen-bond donors (Lipinski definition) is 3. The zero-order valence-electron chi connectivity index (χ0n) is 25.9. The highest BCUT2D eigenvalue weighted by Gasteiger charge is 2.60. The molecule has 2 aromatic rings. The summed E-state index contributed by atoms with van der Waals surface area (Å²) in [5.41, 5.74) is 6.53. The summed E-state index contributed by atoms with van der Waals surface area (Å²) in [6.45, 7) is 9.44. The third kappa shape index (κ3) is 4.33. The molecule has 3 amide bonds. The molecule has 2 aromatic carbocycles. The van der Waals surface area contributed by atoms with E-state index < -0.39 is 58.3 Å². The number of piperazine rings is 3. The van der Waals surface area contributed by atoms with Gasteiger partial charge in [0.1, 0.15) is 45.0 Å². The number of carbonyl (C=O) groups is 4. The average molecular weight is 654 g/mol. The number of primary amides is 1. The number of rotatable bonds is 9. The lowest BCUT2D eigenvalue weighted by atomic mass is 9.78. The number of sulfonamides is 1. The van der Waals surface area contributed by atoms with Gasteiger partial charge >= 0.3 is 5.97 Å². The van der Waals surface area contributed by atoms with Crippen molar-refractivity contribution in [3.8, 4) is 0 Å². The first-order valence-electron chi connectivity index (χ1n) is 15.8. The maximum Gasteiger partial charge on any atom is 0.352 e. The molecular formula is C32H39N5O8S+2. The predicted octanol–water partition coefficient (Wildman–Crippen LogP) is -0.131. The highest BCUT2D eigenvalue weighted by Crippen LogP contribution is 2.48. The summed E-state index contributed by atoms with van der Waals surface area (Å²) < 4.78 is 30.6. The number of nitrogens with zero attached hydrogens (tertiary/aromatic N) is 4. The van der Waals surface area contributed by atoms with Gasteiger partial charge in [-0.1, -0.05) is 25.1 Å². The van der Waals surface area contributed by atoms with Crippen LogP contribution in [0, 0.1) is 11.8 Å². The molecule has 244 valence electrons. The van der Waals surface area contributed by atoms with Crippen LogP contribution in [0.25, 0.3) is 10.8 Å². The zero-order valence-corrected chi connectivity index (χ0v) is 26.7. The van der Waals surface area contributed by atoms with Crippen LogP contribution < -0.4 is 5.73 Å². The number of β-lactam (4-membered cyclic amide) rings is 1. The number of quaternary nitrogens is 2. The van der Waals surface area contributed by atoms with Crippen molar-refractivity contribution in [3.05, 3.63) is 52.7 Å². The number of fused-ring (bicyclic) bond motifs is 4. The van der Waals surface area contributed by atoms with Gasteiger partial charge in [0.25, 0.3) is 21.8 Å². The van der Waals surface area contributed by atoms with E-state index in [0.717, 1.165) is 69.5 Å². The standard InChI is InChI=1S/C32H37N5O8S/c1-18-23(29(32(42)43)35-28(18)26(19(2)38)31(35)41)16-34-30(40)22-5-3-4-21-20(6-7-24(27(21)22)46(34,44)45)8-9-36-10-13-37(14-11-36,15-12-36)17-25(33)39/h3-7,18-19,26,28,38H,8-17H2,1-2H3,(H-2,33,39,42,43)/p+2/t18-,19+,26+,28+,36?,37?/m0/s1. The normalized spacial score (nSPS) is 31.7. The summed E-state index contributed by atoms with van der Waals surface area (Å²) in [4.78, 5) is 51.8. The minimum Gasteiger partial charge on any atom is -0.477 e. The molecule has 4 saturated heterocycles. The van der Waals surface area contributed by atoms with Crippen LogP contribution in [-0.4, -0.2) is 132 Å². The van der Waals surface area contributed by atoms with Gasteiger partial charge in [0, 0.05) is 23.3 Å². The second-order valence-corrected chi connectivity index (χ2v) is 15.7. The van der Waals surface area contributed by atoms with E-state index >= 15 is 0 Å². The van der Waals surface area contributed by atoms with Crippen LogP contribution in [0.5, 0.6) is 0 Å². The molecule has 2 bridgehead atoms. The fourth-order valence-corrected chi connectivity index (χ4v) is 10.4. The van der Waals surface area contributed by atoms with Crippen LogP contribution in [0.4, 0.5) is 0 Å². The number of carboxylic acids is 1. The maximum atomic E-state index is 14.1. The molecule has 0 spiro atoms. The van der Waals surface area contributed by atoms with E-state index in [0.29, 0.717) is 23.7 Å². The van der Waals surface area contributed by atoms with Crippen LogP contribution in [0.1, 0.15) is 29.8 Å². The Bertz CT molecular complexity index is 1850. The summed E-state index contributed by atoms with van der Waals surface area (Å²) >= 11 is 0. The van der Waals surface area contributed by atoms with E-state index in [9.17, 15) is 37.8 Å². The molecule has 46 heavy (non-hydrogen) atoms. The Balaban J connectivity index is 1.18. The maximum absolute atomic E-state index is 14.1. The van der Waals surface area contributed by atoms with Gasteiger partial charge in [-0.05, 0) is 35.6 Å². The van der Waals surface area contributed by atoms with Gasteiger partial charge in [-0.15, -0.1) is 0 Å². The van der Waals surface area contributed by atoms with E-state index in [4.69, 9.17) is 5.73 Å². The molecule has 0 aliphatic carbocycles. The van der Waals surface area contributed by atoms with Gasteiger partial charge in [-0.3, -0.25) is 14.4 Å². The Hall–Kier alpha value is -3.85. The molecule has 13 nitrogen and oxygen atoms in total. The minimum absolute atomic E-state index is 0.0118. The molecule has 8 rings (SSSR count). The molecule has 4 atom stereocenters. The van der Waals surface area contributed by atoms with E-state index in [1.165, 1.54) is 6.92 Å². The average Bonchev–Trinajstić information content (AvgIpc) is 3.25. The molecule has 6 aliphatic heterocycles. The van der Waals surface area contributed by atoms with E-state index in [2.05, 4.69) is 0 Å². The monoisotopic (exact) mass is 653 g/mol. The smallest absolute Gasteiger partial charge is 0.352 e. The molecule has 6 aliphatic rings. The highest BCUT2D eigenvalue weighted by atomic mass is 32.2. The summed E-state index contributed by atoms with van der Waals surface area (Å²) in [5, 5.41) is 21.3. The topological polar surface area (TPSA) is 175 Å². The van der Waals surface area contributed by atoms with Crippen molar-refractivity contribution in [1.29, 1.82) is 0 Å². The quantitative estimate of drug-likeness (QED) is 0.248. The Labute approximate surface area is 266 Å². The first-order chi connectivity index (χ1) is 21.7. The van der Waals surface area contributed by atoms with Gasteiger partial charge in [-0.25, -0.2) is 17.5 Å². The third-order valence-corrected chi connectivity index (χ3v) is 13.2. The summed E-state index contributed by atoms with van der Waals surface area (Å²) in [6, 6.07) is 7.90. The van der Waals surface area contributed by atoms with Crippen molar-refractivity contribution < 1.29 is 46.8 Å². The molecule has 4 N–H and O–H groups in total. The van der Waals surface area contributed by atoms with Gasteiger partial charge in [0.2, 0.25) is 5.91 Å². The number of carbonyl (C=O) groups excluding carboxylic acids is 3. The van der Waals surface area contributed by atoms with Crippen LogP contribution in [0.15, 0.2) is 46.5 Å². The first-order valence-corrected chi connectivity index (χ1v) is 17.2. The lowest BCUT2D eigenvalue weighted by Gasteiger charge is -2.55. The number of aliphatic hydroxyl groups excluding tert-OH is 1. The van der Waals surface area contributed by atoms with Crippen molar-refractivity contribution in [2.45, 2.75) is 37.3 Å². The molecule has 0 unspecified atom stereocenters. The van der Waals surface area contributed by atoms with Crippen molar-refractivity contribution in [2.75, 3.05) is 58.9 Å². The Kier molecular flexibility index (Phi) is 6.91. The molecule has 14 heteroatoms. The lowest BCUT2D eigenvalue weighted by molar-refractivity contribution is -1.08.